The van der Waals surface area contributed by atoms with Crippen molar-refractivity contribution in [2.75, 3.05) is 0 Å². The molecule has 1 aromatic carbocycles. The number of hydrogen-bond donors (Lipinski definition) is 2. The van der Waals surface area contributed by atoms with Crippen LogP contribution in [-0.4, -0.2) is 16.4 Å². The predicted octanol–water partition coefficient (Wildman–Crippen LogP) is 4.13. The molecule has 4 nitrogen and oxygen atoms in total. The summed E-state index contributed by atoms with van der Waals surface area (Å²) in [6.45, 7) is 4.11. The van der Waals surface area contributed by atoms with Crippen LogP contribution >= 0.6 is 0 Å². The highest BCUT2D eigenvalue weighted by atomic mass is 16.7. The second kappa shape index (κ2) is 7.67. The summed E-state index contributed by atoms with van der Waals surface area (Å²) in [5.74, 6) is 0.0767. The summed E-state index contributed by atoms with van der Waals surface area (Å²) in [6.07, 6.45) is 4.07. The van der Waals surface area contributed by atoms with Crippen molar-refractivity contribution in [3.63, 3.8) is 0 Å². The van der Waals surface area contributed by atoms with Crippen molar-refractivity contribution < 1.29 is 19.7 Å². The summed E-state index contributed by atoms with van der Waals surface area (Å²) in [6, 6.07) is 3.72. The van der Waals surface area contributed by atoms with Gasteiger partial charge in [-0.15, -0.1) is 0 Å². The van der Waals surface area contributed by atoms with Crippen LogP contribution in [0.4, 0.5) is 4.79 Å². The maximum Gasteiger partial charge on any atom is 0.511 e. The van der Waals surface area contributed by atoms with Crippen molar-refractivity contribution in [1.82, 2.24) is 0 Å². The van der Waals surface area contributed by atoms with E-state index in [1.807, 2.05) is 19.1 Å². The first kappa shape index (κ1) is 15.3. The number of aryl methyl sites for hydroxylation is 2. The monoisotopic (exact) mass is 266 g/mol. The number of carbonyl (C=O) groups is 1. The third kappa shape index (κ3) is 4.47. The van der Waals surface area contributed by atoms with Crippen LogP contribution in [0.1, 0.15) is 50.7 Å². The van der Waals surface area contributed by atoms with Crippen molar-refractivity contribution in [2.24, 2.45) is 0 Å². The second-order valence-corrected chi connectivity index (χ2v) is 4.64. The minimum atomic E-state index is -1.39. The molecule has 0 aromatic heterocycles. The van der Waals surface area contributed by atoms with Crippen LogP contribution in [0, 0.1) is 0 Å². The van der Waals surface area contributed by atoms with Gasteiger partial charge >= 0.3 is 6.16 Å². The van der Waals surface area contributed by atoms with Crippen molar-refractivity contribution in [3.05, 3.63) is 23.3 Å². The summed E-state index contributed by atoms with van der Waals surface area (Å²) in [5, 5.41) is 18.9. The Morgan fingerprint density at radius 2 is 1.79 bits per heavy atom. The fourth-order valence-corrected chi connectivity index (χ4v) is 2.09. The Morgan fingerprint density at radius 1 is 1.11 bits per heavy atom. The average Bonchev–Trinajstić information content (AvgIpc) is 2.36. The van der Waals surface area contributed by atoms with Gasteiger partial charge in [0.1, 0.15) is 0 Å². The predicted molar refractivity (Wildman–Crippen MR) is 74.0 cm³/mol. The molecule has 0 fully saturated rings. The standard InChI is InChI=1S/C15H22O4/c1-3-5-6-8-11-9-10-12(7-4-2)14(13(11)16)19-15(17)18/h9-10,16H,3-8H2,1-2H3,(H,17,18). The number of ether oxygens (including phenoxy) is 1. The summed E-state index contributed by atoms with van der Waals surface area (Å²) in [7, 11) is 0. The van der Waals surface area contributed by atoms with E-state index in [1.165, 1.54) is 0 Å². The van der Waals surface area contributed by atoms with E-state index in [0.717, 1.165) is 43.2 Å². The Hall–Kier alpha value is -1.71. The molecular weight excluding hydrogens is 244 g/mol. The number of rotatable bonds is 7. The average molecular weight is 266 g/mol. The van der Waals surface area contributed by atoms with E-state index in [1.54, 1.807) is 0 Å². The number of benzene rings is 1. The van der Waals surface area contributed by atoms with Gasteiger partial charge in [-0.25, -0.2) is 4.79 Å². The molecule has 1 rings (SSSR count). The van der Waals surface area contributed by atoms with Crippen molar-refractivity contribution >= 4 is 6.16 Å². The molecule has 0 aliphatic rings. The van der Waals surface area contributed by atoms with Crippen LogP contribution in [-0.2, 0) is 12.8 Å². The van der Waals surface area contributed by atoms with Gasteiger partial charge in [0.2, 0.25) is 0 Å². The molecule has 0 atom stereocenters. The van der Waals surface area contributed by atoms with Crippen LogP contribution in [0.5, 0.6) is 11.5 Å². The summed E-state index contributed by atoms with van der Waals surface area (Å²) in [4.78, 5) is 10.7. The van der Waals surface area contributed by atoms with Crippen LogP contribution in [0.2, 0.25) is 0 Å². The summed E-state index contributed by atoms with van der Waals surface area (Å²) < 4.78 is 4.74. The van der Waals surface area contributed by atoms with Crippen molar-refractivity contribution in [1.29, 1.82) is 0 Å². The summed E-state index contributed by atoms with van der Waals surface area (Å²) >= 11 is 0. The van der Waals surface area contributed by atoms with Gasteiger partial charge in [-0.3, -0.25) is 0 Å². The maximum absolute atomic E-state index is 10.7. The lowest BCUT2D eigenvalue weighted by Crippen LogP contribution is -2.06. The molecule has 0 heterocycles. The molecule has 0 unspecified atom stereocenters. The molecule has 1 aromatic rings. The minimum Gasteiger partial charge on any atom is -0.504 e. The third-order valence-corrected chi connectivity index (χ3v) is 3.05. The van der Waals surface area contributed by atoms with Gasteiger partial charge in [-0.05, 0) is 30.4 Å². The van der Waals surface area contributed by atoms with Crippen LogP contribution in [0.25, 0.3) is 0 Å². The van der Waals surface area contributed by atoms with E-state index in [0.29, 0.717) is 6.42 Å². The Labute approximate surface area is 114 Å². The topological polar surface area (TPSA) is 66.8 Å². The number of phenolic OH excluding ortho intramolecular Hbond substituents is 1. The van der Waals surface area contributed by atoms with Crippen molar-refractivity contribution in [3.8, 4) is 11.5 Å². The second-order valence-electron chi connectivity index (χ2n) is 4.64. The number of aromatic hydroxyl groups is 1. The molecule has 0 radical (unpaired) electrons. The molecule has 19 heavy (non-hydrogen) atoms. The van der Waals surface area contributed by atoms with E-state index in [2.05, 4.69) is 6.92 Å². The van der Waals surface area contributed by atoms with Gasteiger partial charge in [0.15, 0.2) is 11.5 Å². The third-order valence-electron chi connectivity index (χ3n) is 3.05. The zero-order chi connectivity index (χ0) is 14.3. The Bertz CT molecular complexity index is 426. The lowest BCUT2D eigenvalue weighted by atomic mass is 10.0. The molecule has 0 saturated carbocycles. The van der Waals surface area contributed by atoms with Gasteiger partial charge in [-0.2, -0.15) is 0 Å². The van der Waals surface area contributed by atoms with Crippen molar-refractivity contribution in [2.45, 2.75) is 52.4 Å². The highest BCUT2D eigenvalue weighted by molar-refractivity contribution is 5.65. The van der Waals surface area contributed by atoms with E-state index in [9.17, 15) is 9.90 Å². The zero-order valence-corrected chi connectivity index (χ0v) is 11.6. The lowest BCUT2D eigenvalue weighted by Gasteiger charge is -2.13. The number of carboxylic acid groups (broad SMARTS) is 1. The molecule has 2 N–H and O–H groups in total. The quantitative estimate of drug-likeness (QED) is 0.442. The maximum atomic E-state index is 10.7. The van der Waals surface area contributed by atoms with Gasteiger partial charge in [0.25, 0.3) is 0 Å². The van der Waals surface area contributed by atoms with E-state index < -0.39 is 6.16 Å². The lowest BCUT2D eigenvalue weighted by molar-refractivity contribution is 0.142. The SMILES string of the molecule is CCCCCc1ccc(CCC)c(OC(=O)O)c1O. The molecule has 4 heteroatoms. The fourth-order valence-electron chi connectivity index (χ4n) is 2.09. The molecule has 0 spiro atoms. The van der Waals surface area contributed by atoms with Crippen LogP contribution in [0.15, 0.2) is 12.1 Å². The summed E-state index contributed by atoms with van der Waals surface area (Å²) in [5.41, 5.74) is 1.49. The number of phenols is 1. The van der Waals surface area contributed by atoms with Gasteiger partial charge in [-0.1, -0.05) is 45.2 Å². The number of unbranched alkanes of at least 4 members (excludes halogenated alkanes) is 2. The highest BCUT2D eigenvalue weighted by Gasteiger charge is 2.16. The Kier molecular flexibility index (Phi) is 6.19. The van der Waals surface area contributed by atoms with Gasteiger partial charge in [0, 0.05) is 0 Å². The molecular formula is C15H22O4. The van der Waals surface area contributed by atoms with Gasteiger partial charge < -0.3 is 14.9 Å². The molecule has 0 bridgehead atoms. The largest absolute Gasteiger partial charge is 0.511 e. The zero-order valence-electron chi connectivity index (χ0n) is 11.6. The Balaban J connectivity index is 2.99. The number of hydrogen-bond acceptors (Lipinski definition) is 3. The first-order valence-electron chi connectivity index (χ1n) is 6.84. The van der Waals surface area contributed by atoms with Crippen LogP contribution in [0.3, 0.4) is 0 Å². The Morgan fingerprint density at radius 3 is 2.37 bits per heavy atom. The molecule has 0 aliphatic heterocycles. The smallest absolute Gasteiger partial charge is 0.504 e. The fraction of sp³-hybridized carbons (Fsp3) is 0.533. The first-order valence-corrected chi connectivity index (χ1v) is 6.84. The van der Waals surface area contributed by atoms with Crippen LogP contribution < -0.4 is 4.74 Å². The molecule has 0 amide bonds. The normalized spacial score (nSPS) is 10.4. The highest BCUT2D eigenvalue weighted by Crippen LogP contribution is 2.35. The minimum absolute atomic E-state index is 0.0237. The van der Waals surface area contributed by atoms with E-state index in [4.69, 9.17) is 9.84 Å². The van der Waals surface area contributed by atoms with E-state index >= 15 is 0 Å². The van der Waals surface area contributed by atoms with Gasteiger partial charge in [0.05, 0.1) is 0 Å². The first-order chi connectivity index (χ1) is 9.10. The molecule has 106 valence electrons. The molecule has 0 aliphatic carbocycles. The van der Waals surface area contributed by atoms with E-state index in [-0.39, 0.29) is 11.5 Å². The molecule has 0 saturated heterocycles.